The number of hydrogen-bond donors (Lipinski definition) is 3. The number of rotatable bonds is 3. The molecule has 0 radical (unpaired) electrons. The van der Waals surface area contributed by atoms with Crippen LogP contribution in [0, 0.1) is 0 Å². The summed E-state index contributed by atoms with van der Waals surface area (Å²) in [6.07, 6.45) is -0.0209. The van der Waals surface area contributed by atoms with Crippen LogP contribution in [0.25, 0.3) is 0 Å². The van der Waals surface area contributed by atoms with Gasteiger partial charge in [-0.05, 0) is 24.6 Å². The van der Waals surface area contributed by atoms with E-state index in [2.05, 4.69) is 26.6 Å². The van der Waals surface area contributed by atoms with Gasteiger partial charge in [0.2, 0.25) is 5.91 Å². The van der Waals surface area contributed by atoms with Crippen molar-refractivity contribution in [2.24, 2.45) is 0 Å². The van der Waals surface area contributed by atoms with Gasteiger partial charge in [0.1, 0.15) is 5.75 Å². The summed E-state index contributed by atoms with van der Waals surface area (Å²) in [5, 5.41) is 15.1. The Kier molecular flexibility index (Phi) is 4.21. The van der Waals surface area contributed by atoms with Gasteiger partial charge in [0.15, 0.2) is 0 Å². The lowest BCUT2D eigenvalue weighted by Crippen LogP contribution is -2.35. The van der Waals surface area contributed by atoms with Gasteiger partial charge in [0.05, 0.1) is 24.9 Å². The Morgan fingerprint density at radius 3 is 3.00 bits per heavy atom. The third kappa shape index (κ3) is 3.01. The summed E-state index contributed by atoms with van der Waals surface area (Å²) in [7, 11) is 1.55. The van der Waals surface area contributed by atoms with Gasteiger partial charge in [-0.15, -0.1) is 0 Å². The van der Waals surface area contributed by atoms with Gasteiger partial charge < -0.3 is 20.5 Å². The van der Waals surface area contributed by atoms with Gasteiger partial charge in [-0.2, -0.15) is 0 Å². The molecule has 1 aliphatic heterocycles. The predicted molar refractivity (Wildman–Crippen MR) is 71.7 cm³/mol. The fraction of sp³-hybridized carbons (Fsp3) is 0.417. The van der Waals surface area contributed by atoms with E-state index < -0.39 is 6.10 Å². The van der Waals surface area contributed by atoms with Gasteiger partial charge in [0.25, 0.3) is 0 Å². The summed E-state index contributed by atoms with van der Waals surface area (Å²) in [6.45, 7) is 0.452. The Labute approximate surface area is 114 Å². The number of carbonyl (C=O) groups excluding carboxylic acids is 1. The molecule has 0 aromatic heterocycles. The van der Waals surface area contributed by atoms with E-state index in [0.717, 1.165) is 4.47 Å². The number of amides is 1. The zero-order valence-electron chi connectivity index (χ0n) is 9.94. The highest BCUT2D eigenvalue weighted by atomic mass is 79.9. The van der Waals surface area contributed by atoms with Crippen LogP contribution in [0.15, 0.2) is 22.7 Å². The van der Waals surface area contributed by atoms with Crippen LogP contribution in [0.5, 0.6) is 5.75 Å². The molecule has 98 valence electrons. The number of nitrogens with one attached hydrogen (secondary N) is 2. The van der Waals surface area contributed by atoms with Crippen molar-refractivity contribution >= 4 is 27.5 Å². The molecule has 0 spiro atoms. The van der Waals surface area contributed by atoms with E-state index in [9.17, 15) is 9.90 Å². The maximum atomic E-state index is 12.0. The van der Waals surface area contributed by atoms with Crippen LogP contribution in [-0.4, -0.2) is 36.8 Å². The number of ether oxygens (including phenoxy) is 1. The van der Waals surface area contributed by atoms with Crippen LogP contribution in [0.4, 0.5) is 5.69 Å². The molecule has 2 atom stereocenters. The van der Waals surface area contributed by atoms with Crippen LogP contribution >= 0.6 is 15.9 Å². The fourth-order valence-electron chi connectivity index (χ4n) is 1.91. The molecular weight excluding hydrogens is 300 g/mol. The second-order valence-electron chi connectivity index (χ2n) is 4.18. The van der Waals surface area contributed by atoms with Crippen molar-refractivity contribution in [3.8, 4) is 5.75 Å². The third-order valence-corrected chi connectivity index (χ3v) is 3.34. The maximum absolute atomic E-state index is 12.0. The molecule has 3 N–H and O–H groups in total. The Bertz CT molecular complexity index is 453. The van der Waals surface area contributed by atoms with Crippen molar-refractivity contribution in [1.82, 2.24) is 5.32 Å². The number of aliphatic hydroxyl groups excluding tert-OH is 1. The lowest BCUT2D eigenvalue weighted by Gasteiger charge is -2.14. The zero-order chi connectivity index (χ0) is 13.1. The standard InChI is InChI=1S/C12H15BrN2O3/c1-18-11-3-2-7(13)4-9(11)15-12(17)10-5-8(16)6-14-10/h2-4,8,10,14,16H,5-6H2,1H3,(H,15,17). The van der Waals surface area contributed by atoms with E-state index in [1.54, 1.807) is 19.2 Å². The van der Waals surface area contributed by atoms with Crippen LogP contribution < -0.4 is 15.4 Å². The van der Waals surface area contributed by atoms with Crippen LogP contribution in [0.2, 0.25) is 0 Å². The number of methoxy groups -OCH3 is 1. The molecule has 1 amide bonds. The lowest BCUT2D eigenvalue weighted by molar-refractivity contribution is -0.117. The van der Waals surface area contributed by atoms with Gasteiger partial charge in [-0.3, -0.25) is 4.79 Å². The molecule has 0 bridgehead atoms. The summed E-state index contributed by atoms with van der Waals surface area (Å²) in [5.74, 6) is 0.438. The Morgan fingerprint density at radius 1 is 1.61 bits per heavy atom. The molecule has 5 nitrogen and oxygen atoms in total. The van der Waals surface area contributed by atoms with E-state index in [1.807, 2.05) is 6.07 Å². The quantitative estimate of drug-likeness (QED) is 0.782. The first-order chi connectivity index (χ1) is 8.60. The van der Waals surface area contributed by atoms with Crippen LogP contribution in [0.1, 0.15) is 6.42 Å². The van der Waals surface area contributed by atoms with E-state index in [0.29, 0.717) is 24.4 Å². The minimum atomic E-state index is -0.454. The Balaban J connectivity index is 2.09. The zero-order valence-corrected chi connectivity index (χ0v) is 11.5. The Morgan fingerprint density at radius 2 is 2.39 bits per heavy atom. The van der Waals surface area contributed by atoms with E-state index in [1.165, 1.54) is 0 Å². The number of halogens is 1. The highest BCUT2D eigenvalue weighted by Crippen LogP contribution is 2.28. The summed E-state index contributed by atoms with van der Waals surface area (Å²) in [6, 6.07) is 5.04. The topological polar surface area (TPSA) is 70.6 Å². The fourth-order valence-corrected chi connectivity index (χ4v) is 2.28. The summed E-state index contributed by atoms with van der Waals surface area (Å²) >= 11 is 3.35. The van der Waals surface area contributed by atoms with Gasteiger partial charge in [-0.25, -0.2) is 0 Å². The highest BCUT2D eigenvalue weighted by Gasteiger charge is 2.28. The lowest BCUT2D eigenvalue weighted by atomic mass is 10.2. The van der Waals surface area contributed by atoms with E-state index >= 15 is 0 Å². The first kappa shape index (κ1) is 13.3. The normalized spacial score (nSPS) is 22.8. The van der Waals surface area contributed by atoms with E-state index in [-0.39, 0.29) is 11.9 Å². The van der Waals surface area contributed by atoms with Gasteiger partial charge in [0, 0.05) is 11.0 Å². The molecule has 2 rings (SSSR count). The molecular formula is C12H15BrN2O3. The number of hydrogen-bond acceptors (Lipinski definition) is 4. The van der Waals surface area contributed by atoms with Crippen LogP contribution in [-0.2, 0) is 4.79 Å². The monoisotopic (exact) mass is 314 g/mol. The molecule has 1 heterocycles. The molecule has 1 aromatic rings. The molecule has 1 aliphatic rings. The molecule has 1 saturated heterocycles. The van der Waals surface area contributed by atoms with Crippen molar-refractivity contribution < 1.29 is 14.6 Å². The number of carbonyl (C=O) groups is 1. The minimum Gasteiger partial charge on any atom is -0.495 e. The average molecular weight is 315 g/mol. The molecule has 6 heteroatoms. The summed E-state index contributed by atoms with van der Waals surface area (Å²) in [5.41, 5.74) is 0.611. The van der Waals surface area contributed by atoms with Crippen molar-refractivity contribution in [3.05, 3.63) is 22.7 Å². The molecule has 1 aromatic carbocycles. The Hall–Kier alpha value is -1.11. The molecule has 0 saturated carbocycles. The number of aliphatic hydroxyl groups is 1. The third-order valence-electron chi connectivity index (χ3n) is 2.84. The summed E-state index contributed by atoms with van der Waals surface area (Å²) in [4.78, 5) is 12.0. The van der Waals surface area contributed by atoms with Crippen molar-refractivity contribution in [1.29, 1.82) is 0 Å². The first-order valence-corrected chi connectivity index (χ1v) is 6.45. The average Bonchev–Trinajstić information content (AvgIpc) is 2.76. The number of benzene rings is 1. The van der Waals surface area contributed by atoms with Gasteiger partial charge >= 0.3 is 0 Å². The number of anilines is 1. The largest absolute Gasteiger partial charge is 0.495 e. The predicted octanol–water partition coefficient (Wildman–Crippen LogP) is 1.12. The first-order valence-electron chi connectivity index (χ1n) is 5.66. The highest BCUT2D eigenvalue weighted by molar-refractivity contribution is 9.10. The second-order valence-corrected chi connectivity index (χ2v) is 5.10. The smallest absolute Gasteiger partial charge is 0.241 e. The van der Waals surface area contributed by atoms with Crippen molar-refractivity contribution in [3.63, 3.8) is 0 Å². The number of β-amino-alcohol motifs (C(OH)–C–C–N with tert-alkyl or cyclic N) is 1. The van der Waals surface area contributed by atoms with Crippen molar-refractivity contribution in [2.75, 3.05) is 19.0 Å². The molecule has 1 fully saturated rings. The SMILES string of the molecule is COc1ccc(Br)cc1NC(=O)C1CC(O)CN1. The van der Waals surface area contributed by atoms with Crippen molar-refractivity contribution in [2.45, 2.75) is 18.6 Å². The minimum absolute atomic E-state index is 0.164. The second kappa shape index (κ2) is 5.69. The maximum Gasteiger partial charge on any atom is 0.241 e. The van der Waals surface area contributed by atoms with E-state index in [4.69, 9.17) is 4.74 Å². The summed E-state index contributed by atoms with van der Waals surface area (Å²) < 4.78 is 6.04. The molecule has 2 unspecified atom stereocenters. The van der Waals surface area contributed by atoms with Gasteiger partial charge in [-0.1, -0.05) is 15.9 Å². The molecule has 0 aliphatic carbocycles. The molecule has 18 heavy (non-hydrogen) atoms. The van der Waals surface area contributed by atoms with Crippen LogP contribution in [0.3, 0.4) is 0 Å².